The average molecular weight is 198 g/mol. The number of piperidine rings is 1. The van der Waals surface area contributed by atoms with Crippen LogP contribution in [0, 0.1) is 11.8 Å². The molecule has 1 heterocycles. The second kappa shape index (κ2) is 5.13. The van der Waals surface area contributed by atoms with E-state index >= 15 is 0 Å². The fourth-order valence-electron chi connectivity index (χ4n) is 2.60. The lowest BCUT2D eigenvalue weighted by atomic mass is 9.90. The first kappa shape index (κ1) is 12.0. The van der Waals surface area contributed by atoms with Gasteiger partial charge in [-0.15, -0.1) is 0 Å². The van der Waals surface area contributed by atoms with Gasteiger partial charge in [0.1, 0.15) is 0 Å². The summed E-state index contributed by atoms with van der Waals surface area (Å²) in [6.45, 7) is 11.9. The van der Waals surface area contributed by atoms with E-state index in [1.165, 1.54) is 19.5 Å². The van der Waals surface area contributed by atoms with Crippen LogP contribution in [-0.2, 0) is 0 Å². The highest BCUT2D eigenvalue weighted by molar-refractivity contribution is 4.83. The van der Waals surface area contributed by atoms with E-state index in [2.05, 4.69) is 45.0 Å². The van der Waals surface area contributed by atoms with E-state index in [1.54, 1.807) is 0 Å². The van der Waals surface area contributed by atoms with Crippen LogP contribution in [0.4, 0.5) is 0 Å². The van der Waals surface area contributed by atoms with Crippen molar-refractivity contribution in [1.29, 1.82) is 0 Å². The van der Waals surface area contributed by atoms with Crippen LogP contribution in [0.25, 0.3) is 0 Å². The Morgan fingerprint density at radius 3 is 2.07 bits per heavy atom. The highest BCUT2D eigenvalue weighted by Crippen LogP contribution is 2.23. The average Bonchev–Trinajstić information content (AvgIpc) is 2.14. The molecular formula is C12H26N2. The predicted molar refractivity (Wildman–Crippen MR) is 62.5 cm³/mol. The lowest BCUT2D eigenvalue weighted by molar-refractivity contribution is 0.0881. The van der Waals surface area contributed by atoms with Gasteiger partial charge >= 0.3 is 0 Å². The molecule has 14 heavy (non-hydrogen) atoms. The largest absolute Gasteiger partial charge is 0.316 e. The van der Waals surface area contributed by atoms with Gasteiger partial charge in [0, 0.05) is 25.2 Å². The number of hydrogen-bond acceptors (Lipinski definition) is 2. The number of likely N-dealkylation sites (N-methyl/N-ethyl adjacent to an activating group) is 1. The molecule has 0 aromatic carbocycles. The van der Waals surface area contributed by atoms with Gasteiger partial charge in [-0.05, 0) is 39.2 Å². The van der Waals surface area contributed by atoms with E-state index in [-0.39, 0.29) is 0 Å². The van der Waals surface area contributed by atoms with Crippen molar-refractivity contribution in [2.45, 2.75) is 46.2 Å². The van der Waals surface area contributed by atoms with Crippen LogP contribution in [0.2, 0.25) is 0 Å². The third-order valence-corrected chi connectivity index (χ3v) is 3.65. The molecule has 1 aliphatic heterocycles. The number of likely N-dealkylation sites (tertiary alicyclic amines) is 1. The fraction of sp³-hybridized carbons (Fsp3) is 1.00. The summed E-state index contributed by atoms with van der Waals surface area (Å²) in [5.41, 5.74) is 0. The van der Waals surface area contributed by atoms with Crippen LogP contribution in [-0.4, -0.2) is 37.1 Å². The van der Waals surface area contributed by atoms with Gasteiger partial charge in [-0.2, -0.15) is 0 Å². The van der Waals surface area contributed by atoms with Gasteiger partial charge in [0.2, 0.25) is 0 Å². The summed E-state index contributed by atoms with van der Waals surface area (Å²) >= 11 is 0. The van der Waals surface area contributed by atoms with Gasteiger partial charge in [-0.1, -0.05) is 13.8 Å². The van der Waals surface area contributed by atoms with E-state index < -0.39 is 0 Å². The predicted octanol–water partition coefficient (Wildman–Crippen LogP) is 1.96. The first-order valence-corrected chi connectivity index (χ1v) is 5.96. The summed E-state index contributed by atoms with van der Waals surface area (Å²) < 4.78 is 0. The summed E-state index contributed by atoms with van der Waals surface area (Å²) in [4.78, 5) is 2.64. The lowest BCUT2D eigenvalue weighted by Crippen LogP contribution is -2.51. The Bertz CT molecular complexity index is 160. The number of nitrogens with one attached hydrogen (secondary N) is 1. The molecule has 0 bridgehead atoms. The summed E-state index contributed by atoms with van der Waals surface area (Å²) in [5, 5.41) is 3.35. The van der Waals surface area contributed by atoms with Gasteiger partial charge < -0.3 is 5.32 Å². The second-order valence-electron chi connectivity index (χ2n) is 5.22. The zero-order valence-corrected chi connectivity index (χ0v) is 10.4. The molecule has 1 fully saturated rings. The molecule has 1 saturated heterocycles. The highest BCUT2D eigenvalue weighted by atomic mass is 15.2. The van der Waals surface area contributed by atoms with Gasteiger partial charge in [0.15, 0.2) is 0 Å². The zero-order chi connectivity index (χ0) is 10.7. The topological polar surface area (TPSA) is 15.3 Å². The van der Waals surface area contributed by atoms with E-state index in [9.17, 15) is 0 Å². The first-order chi connectivity index (χ1) is 6.54. The van der Waals surface area contributed by atoms with Crippen LogP contribution in [0.3, 0.4) is 0 Å². The van der Waals surface area contributed by atoms with E-state index in [0.717, 1.165) is 11.8 Å². The Balaban J connectivity index is 2.50. The summed E-state index contributed by atoms with van der Waals surface area (Å²) in [6, 6.07) is 1.25. The van der Waals surface area contributed by atoms with Gasteiger partial charge in [0.25, 0.3) is 0 Å². The lowest BCUT2D eigenvalue weighted by Gasteiger charge is -2.41. The molecule has 0 aliphatic carbocycles. The molecule has 0 amide bonds. The maximum absolute atomic E-state index is 3.35. The third-order valence-electron chi connectivity index (χ3n) is 3.65. The minimum atomic E-state index is 0.590. The van der Waals surface area contributed by atoms with Crippen molar-refractivity contribution in [3.05, 3.63) is 0 Å². The maximum Gasteiger partial charge on any atom is 0.0218 e. The molecule has 4 atom stereocenters. The quantitative estimate of drug-likeness (QED) is 0.746. The molecule has 0 saturated carbocycles. The fourth-order valence-corrected chi connectivity index (χ4v) is 2.60. The Hall–Kier alpha value is -0.0800. The molecule has 1 N–H and O–H groups in total. The van der Waals surface area contributed by atoms with E-state index in [0.29, 0.717) is 12.1 Å². The van der Waals surface area contributed by atoms with E-state index in [1.807, 2.05) is 0 Å². The molecule has 0 spiro atoms. The molecule has 2 nitrogen and oxygen atoms in total. The van der Waals surface area contributed by atoms with Crippen molar-refractivity contribution in [3.8, 4) is 0 Å². The number of hydrogen-bond donors (Lipinski definition) is 1. The van der Waals surface area contributed by atoms with Crippen molar-refractivity contribution in [3.63, 3.8) is 0 Å². The van der Waals surface area contributed by atoms with Gasteiger partial charge in [0.05, 0.1) is 0 Å². The SMILES string of the molecule is CNC(C)C(C)N1CC(C)CC(C)C1. The van der Waals surface area contributed by atoms with Crippen molar-refractivity contribution in [2.75, 3.05) is 20.1 Å². The van der Waals surface area contributed by atoms with Crippen LogP contribution in [0.15, 0.2) is 0 Å². The molecule has 2 heteroatoms. The van der Waals surface area contributed by atoms with Gasteiger partial charge in [-0.3, -0.25) is 4.90 Å². The first-order valence-electron chi connectivity index (χ1n) is 5.96. The van der Waals surface area contributed by atoms with Crippen molar-refractivity contribution >= 4 is 0 Å². The maximum atomic E-state index is 3.35. The summed E-state index contributed by atoms with van der Waals surface area (Å²) in [5.74, 6) is 1.73. The summed E-state index contributed by atoms with van der Waals surface area (Å²) in [7, 11) is 2.05. The van der Waals surface area contributed by atoms with Gasteiger partial charge in [-0.25, -0.2) is 0 Å². The zero-order valence-electron chi connectivity index (χ0n) is 10.4. The van der Waals surface area contributed by atoms with Crippen LogP contribution >= 0.6 is 0 Å². The highest BCUT2D eigenvalue weighted by Gasteiger charge is 2.27. The normalized spacial score (nSPS) is 34.1. The smallest absolute Gasteiger partial charge is 0.0218 e. The molecule has 4 unspecified atom stereocenters. The molecule has 1 rings (SSSR count). The van der Waals surface area contributed by atoms with E-state index in [4.69, 9.17) is 0 Å². The minimum absolute atomic E-state index is 0.590. The second-order valence-corrected chi connectivity index (χ2v) is 5.22. The molecule has 1 aliphatic rings. The van der Waals surface area contributed by atoms with Crippen LogP contribution < -0.4 is 5.32 Å². The van der Waals surface area contributed by atoms with Crippen molar-refractivity contribution < 1.29 is 0 Å². The standard InChI is InChI=1S/C12H26N2/c1-9-6-10(2)8-14(7-9)12(4)11(3)13-5/h9-13H,6-8H2,1-5H3. The third kappa shape index (κ3) is 2.96. The molecule has 0 radical (unpaired) electrons. The minimum Gasteiger partial charge on any atom is -0.316 e. The molecular weight excluding hydrogens is 172 g/mol. The Morgan fingerprint density at radius 2 is 1.64 bits per heavy atom. The number of rotatable bonds is 3. The Labute approximate surface area is 89.1 Å². The summed E-state index contributed by atoms with van der Waals surface area (Å²) in [6.07, 6.45) is 1.40. The molecule has 0 aromatic rings. The monoisotopic (exact) mass is 198 g/mol. The van der Waals surface area contributed by atoms with Crippen LogP contribution in [0.1, 0.15) is 34.1 Å². The molecule has 0 aromatic heterocycles. The van der Waals surface area contributed by atoms with Crippen LogP contribution in [0.5, 0.6) is 0 Å². The molecule has 84 valence electrons. The Kier molecular flexibility index (Phi) is 4.39. The number of nitrogens with zero attached hydrogens (tertiary/aromatic N) is 1. The Morgan fingerprint density at radius 1 is 1.14 bits per heavy atom. The van der Waals surface area contributed by atoms with Crippen molar-refractivity contribution in [2.24, 2.45) is 11.8 Å². The van der Waals surface area contributed by atoms with Crippen molar-refractivity contribution in [1.82, 2.24) is 10.2 Å².